The SMILES string of the molecule is BC(B)(B)NC(=O)c1nnc(NC(=O)C2CC2)cc1Nc1cccc(-c2nc(C3(NC(C)=O)CC3)no2)c1OC. The quantitative estimate of drug-likeness (QED) is 0.233. The molecule has 40 heavy (non-hydrogen) atoms. The van der Waals surface area contributed by atoms with Gasteiger partial charge in [0.2, 0.25) is 11.8 Å². The summed E-state index contributed by atoms with van der Waals surface area (Å²) in [6, 6.07) is 6.85. The van der Waals surface area contributed by atoms with Crippen LogP contribution in [0.2, 0.25) is 0 Å². The summed E-state index contributed by atoms with van der Waals surface area (Å²) in [4.78, 5) is 41.7. The Hall–Kier alpha value is -4.36. The van der Waals surface area contributed by atoms with Gasteiger partial charge < -0.3 is 30.5 Å². The van der Waals surface area contributed by atoms with Gasteiger partial charge in [-0.05, 0) is 43.1 Å². The molecule has 5 rings (SSSR count). The fraction of sp³-hybridized carbons (Fsp3) is 0.375. The third kappa shape index (κ3) is 5.95. The second-order valence-corrected chi connectivity index (χ2v) is 11.2. The summed E-state index contributed by atoms with van der Waals surface area (Å²) in [6.07, 6.45) is 3.12. The Morgan fingerprint density at radius 2 is 1.88 bits per heavy atom. The van der Waals surface area contributed by atoms with Crippen molar-refractivity contribution in [1.29, 1.82) is 0 Å². The van der Waals surface area contributed by atoms with E-state index in [2.05, 4.69) is 41.6 Å². The Morgan fingerprint density at radius 1 is 1.12 bits per heavy atom. The number of aromatic nitrogens is 4. The molecule has 0 spiro atoms. The molecule has 2 saturated carbocycles. The summed E-state index contributed by atoms with van der Waals surface area (Å²) in [5, 5.41) is 23.6. The number of rotatable bonds is 10. The summed E-state index contributed by atoms with van der Waals surface area (Å²) in [7, 11) is 7.08. The predicted molar refractivity (Wildman–Crippen MR) is 154 cm³/mol. The molecule has 204 valence electrons. The molecule has 0 bridgehead atoms. The molecule has 0 radical (unpaired) electrons. The van der Waals surface area contributed by atoms with Gasteiger partial charge in [0.15, 0.2) is 23.1 Å². The number of hydrogen-bond acceptors (Lipinski definition) is 10. The number of methoxy groups -OCH3 is 1. The van der Waals surface area contributed by atoms with Crippen LogP contribution in [-0.2, 0) is 15.1 Å². The second kappa shape index (κ2) is 10.3. The highest BCUT2D eigenvalue weighted by molar-refractivity contribution is 6.60. The molecule has 2 aliphatic carbocycles. The molecule has 0 atom stereocenters. The first kappa shape index (κ1) is 27.2. The topological polar surface area (TPSA) is 173 Å². The summed E-state index contributed by atoms with van der Waals surface area (Å²) < 4.78 is 11.3. The number of anilines is 3. The Balaban J connectivity index is 1.48. The molecule has 1 aromatic carbocycles. The van der Waals surface area contributed by atoms with Gasteiger partial charge in [-0.3, -0.25) is 14.4 Å². The van der Waals surface area contributed by atoms with E-state index >= 15 is 0 Å². The molecule has 3 amide bonds. The van der Waals surface area contributed by atoms with Crippen LogP contribution in [-0.4, -0.2) is 73.9 Å². The number of carbonyl (C=O) groups excluding carboxylic acids is 3. The van der Waals surface area contributed by atoms with Crippen LogP contribution in [0.3, 0.4) is 0 Å². The minimum absolute atomic E-state index is 0.0291. The van der Waals surface area contributed by atoms with Crippen molar-refractivity contribution in [3.63, 3.8) is 0 Å². The number of amides is 3. The normalized spacial score (nSPS) is 15.6. The van der Waals surface area contributed by atoms with E-state index in [4.69, 9.17) is 9.26 Å². The first-order chi connectivity index (χ1) is 19.0. The fourth-order valence-electron chi connectivity index (χ4n) is 4.25. The van der Waals surface area contributed by atoms with E-state index < -0.39 is 16.7 Å². The highest BCUT2D eigenvalue weighted by Gasteiger charge is 2.49. The Labute approximate surface area is 233 Å². The molecule has 2 aromatic heterocycles. The number of hydrogen-bond donors (Lipinski definition) is 4. The number of carbonyl (C=O) groups is 3. The third-order valence-electron chi connectivity index (χ3n) is 6.44. The molecular formula is C24H29B3N8O5. The molecule has 4 N–H and O–H groups in total. The maximum absolute atomic E-state index is 13.1. The van der Waals surface area contributed by atoms with Crippen molar-refractivity contribution in [2.75, 3.05) is 17.7 Å². The van der Waals surface area contributed by atoms with E-state index in [1.165, 1.54) is 14.0 Å². The maximum Gasteiger partial charge on any atom is 0.272 e. The Bertz CT molecular complexity index is 1480. The van der Waals surface area contributed by atoms with Gasteiger partial charge >= 0.3 is 0 Å². The van der Waals surface area contributed by atoms with E-state index in [-0.39, 0.29) is 35.1 Å². The van der Waals surface area contributed by atoms with Crippen LogP contribution in [0.25, 0.3) is 11.5 Å². The zero-order valence-corrected chi connectivity index (χ0v) is 23.0. The van der Waals surface area contributed by atoms with Gasteiger partial charge in [0.25, 0.3) is 11.8 Å². The predicted octanol–water partition coefficient (Wildman–Crippen LogP) is -1.01. The van der Waals surface area contributed by atoms with E-state index in [0.717, 1.165) is 25.7 Å². The van der Waals surface area contributed by atoms with Gasteiger partial charge in [-0.15, -0.1) is 10.2 Å². The minimum atomic E-state index is -0.615. The van der Waals surface area contributed by atoms with Crippen molar-refractivity contribution in [2.45, 2.75) is 43.4 Å². The van der Waals surface area contributed by atoms with Crippen molar-refractivity contribution in [2.24, 2.45) is 5.92 Å². The van der Waals surface area contributed by atoms with Crippen molar-refractivity contribution in [1.82, 2.24) is 31.0 Å². The number of ether oxygens (including phenoxy) is 1. The van der Waals surface area contributed by atoms with Gasteiger partial charge in [-0.25, -0.2) is 0 Å². The maximum atomic E-state index is 13.1. The van der Waals surface area contributed by atoms with E-state index in [9.17, 15) is 14.4 Å². The van der Waals surface area contributed by atoms with Crippen LogP contribution in [0, 0.1) is 5.92 Å². The number of para-hydroxylation sites is 1. The molecule has 16 heteroatoms. The van der Waals surface area contributed by atoms with Gasteiger partial charge in [0.05, 0.1) is 24.0 Å². The summed E-state index contributed by atoms with van der Waals surface area (Å²) in [5.74, 6) is 0.437. The average Bonchev–Trinajstić information content (AvgIpc) is 3.81. The largest absolute Gasteiger partial charge is 0.494 e. The van der Waals surface area contributed by atoms with Crippen LogP contribution in [0.1, 0.15) is 48.9 Å². The molecule has 0 saturated heterocycles. The van der Waals surface area contributed by atoms with Crippen molar-refractivity contribution < 1.29 is 23.6 Å². The van der Waals surface area contributed by atoms with Gasteiger partial charge in [0.1, 0.15) is 29.1 Å². The lowest BCUT2D eigenvalue weighted by molar-refractivity contribution is -0.120. The van der Waals surface area contributed by atoms with Crippen molar-refractivity contribution in [3.05, 3.63) is 35.8 Å². The Morgan fingerprint density at radius 3 is 2.50 bits per heavy atom. The van der Waals surface area contributed by atoms with Crippen molar-refractivity contribution in [3.8, 4) is 17.2 Å². The first-order valence-corrected chi connectivity index (χ1v) is 13.1. The zero-order valence-electron chi connectivity index (χ0n) is 23.0. The number of nitrogens with zero attached hydrogens (tertiary/aromatic N) is 4. The molecule has 2 heterocycles. The monoisotopic (exact) mass is 542 g/mol. The summed E-state index contributed by atoms with van der Waals surface area (Å²) in [5.41, 5.74) is 0.732. The van der Waals surface area contributed by atoms with Crippen LogP contribution in [0.15, 0.2) is 28.8 Å². The van der Waals surface area contributed by atoms with Gasteiger partial charge in [-0.2, -0.15) is 4.98 Å². The molecule has 0 unspecified atom stereocenters. The molecule has 0 aliphatic heterocycles. The second-order valence-electron chi connectivity index (χ2n) is 11.2. The van der Waals surface area contributed by atoms with E-state index in [0.29, 0.717) is 28.5 Å². The smallest absolute Gasteiger partial charge is 0.272 e. The van der Waals surface area contributed by atoms with Gasteiger partial charge in [-0.1, -0.05) is 11.2 Å². The van der Waals surface area contributed by atoms with E-state index in [1.54, 1.807) is 24.3 Å². The molecule has 2 aliphatic rings. The lowest BCUT2D eigenvalue weighted by Crippen LogP contribution is -2.50. The minimum Gasteiger partial charge on any atom is -0.494 e. The first-order valence-electron chi connectivity index (χ1n) is 13.1. The van der Waals surface area contributed by atoms with Crippen LogP contribution in [0.5, 0.6) is 5.75 Å². The highest BCUT2D eigenvalue weighted by Crippen LogP contribution is 2.45. The highest BCUT2D eigenvalue weighted by atomic mass is 16.5. The molecule has 13 nitrogen and oxygen atoms in total. The lowest BCUT2D eigenvalue weighted by Gasteiger charge is -2.21. The summed E-state index contributed by atoms with van der Waals surface area (Å²) >= 11 is 0. The van der Waals surface area contributed by atoms with E-state index in [1.807, 2.05) is 23.5 Å². The van der Waals surface area contributed by atoms with Crippen LogP contribution >= 0.6 is 0 Å². The lowest BCUT2D eigenvalue weighted by atomic mass is 9.49. The number of benzene rings is 1. The van der Waals surface area contributed by atoms with Crippen molar-refractivity contribution >= 4 is 58.5 Å². The van der Waals surface area contributed by atoms with Crippen LogP contribution < -0.4 is 26.0 Å². The molecule has 3 aromatic rings. The third-order valence-corrected chi connectivity index (χ3v) is 6.44. The average molecular weight is 542 g/mol. The number of nitrogens with one attached hydrogen (secondary N) is 4. The molecular weight excluding hydrogens is 513 g/mol. The Kier molecular flexibility index (Phi) is 7.02. The van der Waals surface area contributed by atoms with Gasteiger partial charge in [0, 0.05) is 18.9 Å². The zero-order chi connectivity index (χ0) is 28.7. The van der Waals surface area contributed by atoms with Crippen LogP contribution in [0.4, 0.5) is 17.2 Å². The fourth-order valence-corrected chi connectivity index (χ4v) is 4.25. The molecule has 2 fully saturated rings. The summed E-state index contributed by atoms with van der Waals surface area (Å²) in [6.45, 7) is 1.45. The standard InChI is InChI=1S/C24H29B3N8O5/c1-11(36)31-23(8-9-23)22-30-21(40-35-22)13-4-3-5-14(18(13)39-2)28-15-10-16(29-19(37)12-6-7-12)33-34-17(15)20(38)32-24(25,26)27/h3-5,10,12H,6-9,25-27H2,1-2H3,(H,31,36)(H,32,38)(H2,28,29,33,37).